The smallest absolute Gasteiger partial charge is 0.133 e. The van der Waals surface area contributed by atoms with Crippen LogP contribution in [0.2, 0.25) is 0 Å². The highest BCUT2D eigenvalue weighted by molar-refractivity contribution is 7.21. The van der Waals surface area contributed by atoms with Crippen molar-refractivity contribution < 1.29 is 0 Å². The molecule has 4 heteroatoms. The average Bonchev–Trinajstić information content (AvgIpc) is 2.85. The van der Waals surface area contributed by atoms with E-state index in [1.165, 1.54) is 9.75 Å². The number of thiophene rings is 1. The van der Waals surface area contributed by atoms with Crippen LogP contribution in [0.4, 0.5) is 0 Å². The summed E-state index contributed by atoms with van der Waals surface area (Å²) in [5.74, 6) is 0. The molecule has 2 aromatic heterocycles. The first-order valence-electron chi connectivity index (χ1n) is 5.25. The number of aromatic nitrogens is 1. The molecule has 86 valence electrons. The minimum absolute atomic E-state index is 0.00272. The van der Waals surface area contributed by atoms with Gasteiger partial charge in [0.2, 0.25) is 0 Å². The predicted octanol–water partition coefficient (Wildman–Crippen LogP) is 3.63. The lowest BCUT2D eigenvalue weighted by Gasteiger charge is -2.22. The van der Waals surface area contributed by atoms with Gasteiger partial charge in [-0.05, 0) is 39.3 Å². The Bertz CT molecular complexity index is 469. The van der Waals surface area contributed by atoms with Crippen LogP contribution in [0.15, 0.2) is 17.5 Å². The maximum atomic E-state index is 4.66. The van der Waals surface area contributed by atoms with Gasteiger partial charge in [-0.3, -0.25) is 0 Å². The summed E-state index contributed by atoms with van der Waals surface area (Å²) in [6.07, 6.45) is 0. The molecule has 2 heterocycles. The lowest BCUT2D eigenvalue weighted by Crippen LogP contribution is -2.32. The van der Waals surface area contributed by atoms with Crippen molar-refractivity contribution in [1.29, 1.82) is 0 Å². The summed E-state index contributed by atoms with van der Waals surface area (Å²) in [5.41, 5.74) is 1.13. The standard InChI is InChI=1S/C12H16N2S2/c1-8-10(12(2,3)13-4)16-11(14-8)9-6-5-7-15-9/h5-7,13H,1-4H3. The molecule has 2 nitrogen and oxygen atoms in total. The van der Waals surface area contributed by atoms with Crippen molar-refractivity contribution in [2.24, 2.45) is 0 Å². The first kappa shape index (κ1) is 11.8. The van der Waals surface area contributed by atoms with Crippen molar-refractivity contribution in [3.8, 4) is 9.88 Å². The maximum Gasteiger partial charge on any atom is 0.133 e. The van der Waals surface area contributed by atoms with Gasteiger partial charge < -0.3 is 5.32 Å². The monoisotopic (exact) mass is 252 g/mol. The van der Waals surface area contributed by atoms with Crippen molar-refractivity contribution >= 4 is 22.7 Å². The molecule has 0 saturated heterocycles. The summed E-state index contributed by atoms with van der Waals surface area (Å²) in [5, 5.41) is 6.55. The van der Waals surface area contributed by atoms with E-state index in [1.807, 2.05) is 7.05 Å². The van der Waals surface area contributed by atoms with Gasteiger partial charge in [0, 0.05) is 10.4 Å². The maximum absolute atomic E-state index is 4.66. The van der Waals surface area contributed by atoms with Gasteiger partial charge in [-0.15, -0.1) is 22.7 Å². The third-order valence-corrected chi connectivity index (χ3v) is 5.24. The molecule has 2 aromatic rings. The number of hydrogen-bond donors (Lipinski definition) is 1. The van der Waals surface area contributed by atoms with Crippen molar-refractivity contribution in [2.75, 3.05) is 7.05 Å². The average molecular weight is 252 g/mol. The SMILES string of the molecule is CNC(C)(C)c1sc(-c2cccs2)nc1C. The summed E-state index contributed by atoms with van der Waals surface area (Å²) in [4.78, 5) is 7.23. The molecule has 16 heavy (non-hydrogen) atoms. The lowest BCUT2D eigenvalue weighted by molar-refractivity contribution is 0.450. The summed E-state index contributed by atoms with van der Waals surface area (Å²) in [6.45, 7) is 6.46. The molecule has 0 fully saturated rings. The van der Waals surface area contributed by atoms with Crippen LogP contribution >= 0.6 is 22.7 Å². The van der Waals surface area contributed by atoms with Crippen LogP contribution in [0.25, 0.3) is 9.88 Å². The molecule has 0 unspecified atom stereocenters. The molecule has 0 radical (unpaired) electrons. The van der Waals surface area contributed by atoms with Crippen molar-refractivity contribution in [2.45, 2.75) is 26.3 Å². The first-order chi connectivity index (χ1) is 7.54. The highest BCUT2D eigenvalue weighted by Gasteiger charge is 2.24. The third-order valence-electron chi connectivity index (χ3n) is 2.72. The molecule has 0 amide bonds. The number of nitrogens with zero attached hydrogens (tertiary/aromatic N) is 1. The van der Waals surface area contributed by atoms with Gasteiger partial charge in [-0.2, -0.15) is 0 Å². The second-order valence-electron chi connectivity index (χ2n) is 4.29. The van der Waals surface area contributed by atoms with Gasteiger partial charge in [0.25, 0.3) is 0 Å². The quantitative estimate of drug-likeness (QED) is 0.902. The van der Waals surface area contributed by atoms with Crippen LogP contribution in [0.1, 0.15) is 24.4 Å². The topological polar surface area (TPSA) is 24.9 Å². The fourth-order valence-electron chi connectivity index (χ4n) is 1.60. The van der Waals surface area contributed by atoms with Crippen molar-refractivity contribution in [3.63, 3.8) is 0 Å². The van der Waals surface area contributed by atoms with E-state index < -0.39 is 0 Å². The molecular weight excluding hydrogens is 236 g/mol. The van der Waals surface area contributed by atoms with Crippen LogP contribution < -0.4 is 5.32 Å². The van der Waals surface area contributed by atoms with Crippen LogP contribution in [-0.2, 0) is 5.54 Å². The first-order valence-corrected chi connectivity index (χ1v) is 6.95. The minimum Gasteiger partial charge on any atom is -0.310 e. The van der Waals surface area contributed by atoms with Gasteiger partial charge in [-0.1, -0.05) is 6.07 Å². The van der Waals surface area contributed by atoms with E-state index in [0.717, 1.165) is 10.7 Å². The van der Waals surface area contributed by atoms with Crippen LogP contribution in [0.3, 0.4) is 0 Å². The van der Waals surface area contributed by atoms with E-state index in [4.69, 9.17) is 0 Å². The second-order valence-corrected chi connectivity index (χ2v) is 6.23. The minimum atomic E-state index is -0.00272. The number of hydrogen-bond acceptors (Lipinski definition) is 4. The highest BCUT2D eigenvalue weighted by atomic mass is 32.1. The fourth-order valence-corrected chi connectivity index (χ4v) is 3.57. The van der Waals surface area contributed by atoms with Gasteiger partial charge in [-0.25, -0.2) is 4.98 Å². The van der Waals surface area contributed by atoms with Crippen LogP contribution in [0.5, 0.6) is 0 Å². The Kier molecular flexibility index (Phi) is 3.15. The molecule has 0 spiro atoms. The predicted molar refractivity (Wildman–Crippen MR) is 72.2 cm³/mol. The van der Waals surface area contributed by atoms with Gasteiger partial charge >= 0.3 is 0 Å². The van der Waals surface area contributed by atoms with Gasteiger partial charge in [0.05, 0.1) is 10.6 Å². The van der Waals surface area contributed by atoms with E-state index in [0.29, 0.717) is 0 Å². The van der Waals surface area contributed by atoms with Crippen LogP contribution in [-0.4, -0.2) is 12.0 Å². The molecule has 0 saturated carbocycles. The highest BCUT2D eigenvalue weighted by Crippen LogP contribution is 2.35. The van der Waals surface area contributed by atoms with Crippen LogP contribution in [0, 0.1) is 6.92 Å². The molecule has 0 aliphatic heterocycles. The molecule has 2 rings (SSSR count). The number of aryl methyl sites for hydroxylation is 1. The number of nitrogens with one attached hydrogen (secondary N) is 1. The zero-order chi connectivity index (χ0) is 11.8. The zero-order valence-electron chi connectivity index (χ0n) is 10.00. The number of thiazole rings is 1. The molecular formula is C12H16N2S2. The van der Waals surface area contributed by atoms with E-state index in [1.54, 1.807) is 22.7 Å². The summed E-state index contributed by atoms with van der Waals surface area (Å²) >= 11 is 3.53. The Balaban J connectivity index is 2.44. The molecule has 0 aromatic carbocycles. The normalized spacial score (nSPS) is 12.0. The molecule has 0 aliphatic carbocycles. The van der Waals surface area contributed by atoms with Gasteiger partial charge in [0.1, 0.15) is 5.01 Å². The third kappa shape index (κ3) is 2.05. The molecule has 0 bridgehead atoms. The Hall–Kier alpha value is -0.710. The largest absolute Gasteiger partial charge is 0.310 e. The fraction of sp³-hybridized carbons (Fsp3) is 0.417. The second kappa shape index (κ2) is 4.28. The molecule has 0 aliphatic rings. The van der Waals surface area contributed by atoms with E-state index >= 15 is 0 Å². The number of rotatable bonds is 3. The molecule has 1 N–H and O–H groups in total. The van der Waals surface area contributed by atoms with E-state index in [2.05, 4.69) is 48.6 Å². The van der Waals surface area contributed by atoms with Crippen molar-refractivity contribution in [1.82, 2.24) is 10.3 Å². The Morgan fingerprint density at radius 3 is 2.69 bits per heavy atom. The van der Waals surface area contributed by atoms with Crippen molar-refractivity contribution in [3.05, 3.63) is 28.1 Å². The van der Waals surface area contributed by atoms with E-state index in [9.17, 15) is 0 Å². The Morgan fingerprint density at radius 1 is 1.38 bits per heavy atom. The van der Waals surface area contributed by atoms with Gasteiger partial charge in [0.15, 0.2) is 0 Å². The van der Waals surface area contributed by atoms with E-state index in [-0.39, 0.29) is 5.54 Å². The Morgan fingerprint density at radius 2 is 2.12 bits per heavy atom. The summed E-state index contributed by atoms with van der Waals surface area (Å²) in [7, 11) is 1.99. The summed E-state index contributed by atoms with van der Waals surface area (Å²) in [6, 6.07) is 4.19. The lowest BCUT2D eigenvalue weighted by atomic mass is 10.0. The summed E-state index contributed by atoms with van der Waals surface area (Å²) < 4.78 is 0. The molecule has 0 atom stereocenters. The Labute approximate surface area is 104 Å². The zero-order valence-corrected chi connectivity index (χ0v) is 11.6.